The predicted molar refractivity (Wildman–Crippen MR) is 65.9 cm³/mol. The summed E-state index contributed by atoms with van der Waals surface area (Å²) < 4.78 is 0. The van der Waals surface area contributed by atoms with Crippen molar-refractivity contribution in [2.75, 3.05) is 0 Å². The van der Waals surface area contributed by atoms with Gasteiger partial charge in [0.15, 0.2) is 0 Å². The minimum atomic E-state index is -0.257. The lowest BCUT2D eigenvalue weighted by molar-refractivity contribution is -0.118. The molecule has 0 fully saturated rings. The minimum Gasteiger partial charge on any atom is -0.370 e. The van der Waals surface area contributed by atoms with Crippen LogP contribution in [0.15, 0.2) is 18.2 Å². The van der Waals surface area contributed by atoms with Crippen molar-refractivity contribution >= 4 is 5.91 Å². The van der Waals surface area contributed by atoms with Gasteiger partial charge in [-0.3, -0.25) is 4.79 Å². The highest BCUT2D eigenvalue weighted by atomic mass is 16.1. The van der Waals surface area contributed by atoms with Crippen LogP contribution >= 0.6 is 0 Å². The third kappa shape index (κ3) is 3.66. The van der Waals surface area contributed by atoms with E-state index < -0.39 is 0 Å². The Morgan fingerprint density at radius 3 is 2.56 bits per heavy atom. The van der Waals surface area contributed by atoms with E-state index in [0.29, 0.717) is 6.42 Å². The summed E-state index contributed by atoms with van der Waals surface area (Å²) in [5, 5.41) is 0. The lowest BCUT2D eigenvalue weighted by Gasteiger charge is -2.13. The average molecular weight is 220 g/mol. The number of primary amides is 1. The molecule has 0 radical (unpaired) electrons. The summed E-state index contributed by atoms with van der Waals surface area (Å²) in [6.45, 7) is 4.16. The summed E-state index contributed by atoms with van der Waals surface area (Å²) in [6, 6.07) is 6.25. The number of hydrogen-bond donors (Lipinski definition) is 2. The molecule has 0 saturated heterocycles. The van der Waals surface area contributed by atoms with Crippen molar-refractivity contribution in [1.82, 2.24) is 0 Å². The molecule has 0 heterocycles. The van der Waals surface area contributed by atoms with Crippen LogP contribution in [-0.2, 0) is 4.79 Å². The fourth-order valence-electron chi connectivity index (χ4n) is 1.66. The molecular weight excluding hydrogens is 200 g/mol. The number of carbonyl (C=O) groups excluding carboxylic acids is 1. The van der Waals surface area contributed by atoms with Gasteiger partial charge in [-0.1, -0.05) is 18.2 Å². The third-order valence-electron chi connectivity index (χ3n) is 2.90. The molecule has 3 nitrogen and oxygen atoms in total. The molecule has 1 aromatic carbocycles. The van der Waals surface area contributed by atoms with Crippen LogP contribution in [0.1, 0.15) is 42.0 Å². The molecule has 16 heavy (non-hydrogen) atoms. The molecule has 0 spiro atoms. The van der Waals surface area contributed by atoms with E-state index in [0.717, 1.165) is 18.4 Å². The first-order chi connectivity index (χ1) is 7.50. The number of carbonyl (C=O) groups is 1. The average Bonchev–Trinajstić information content (AvgIpc) is 2.21. The standard InChI is InChI=1S/C13H20N2O/c1-9-6-7-11(8-10(9)2)12(14)4-3-5-13(15)16/h6-8,12H,3-5,14H2,1-2H3,(H2,15,16). The van der Waals surface area contributed by atoms with Gasteiger partial charge in [-0.05, 0) is 43.4 Å². The number of benzene rings is 1. The second-order valence-corrected chi connectivity index (χ2v) is 4.31. The third-order valence-corrected chi connectivity index (χ3v) is 2.90. The summed E-state index contributed by atoms with van der Waals surface area (Å²) in [6.07, 6.45) is 1.97. The van der Waals surface area contributed by atoms with Crippen molar-refractivity contribution in [3.8, 4) is 0 Å². The highest BCUT2D eigenvalue weighted by Crippen LogP contribution is 2.19. The molecule has 1 aromatic rings. The monoisotopic (exact) mass is 220 g/mol. The lowest BCUT2D eigenvalue weighted by Crippen LogP contribution is -2.14. The van der Waals surface area contributed by atoms with E-state index in [4.69, 9.17) is 11.5 Å². The van der Waals surface area contributed by atoms with Crippen molar-refractivity contribution in [3.05, 3.63) is 34.9 Å². The first kappa shape index (κ1) is 12.7. The number of nitrogens with two attached hydrogens (primary N) is 2. The predicted octanol–water partition coefficient (Wildman–Crippen LogP) is 1.96. The number of rotatable bonds is 5. The van der Waals surface area contributed by atoms with Gasteiger partial charge in [0.05, 0.1) is 0 Å². The van der Waals surface area contributed by atoms with Crippen molar-refractivity contribution < 1.29 is 4.79 Å². The molecule has 1 unspecified atom stereocenters. The van der Waals surface area contributed by atoms with Crippen LogP contribution in [0.25, 0.3) is 0 Å². The van der Waals surface area contributed by atoms with Gasteiger partial charge in [-0.2, -0.15) is 0 Å². The van der Waals surface area contributed by atoms with Crippen LogP contribution in [0.4, 0.5) is 0 Å². The maximum absolute atomic E-state index is 10.6. The molecule has 0 aromatic heterocycles. The first-order valence-electron chi connectivity index (χ1n) is 5.61. The molecule has 1 amide bonds. The van der Waals surface area contributed by atoms with Crippen LogP contribution in [0, 0.1) is 13.8 Å². The summed E-state index contributed by atoms with van der Waals surface area (Å²) in [7, 11) is 0. The molecule has 1 rings (SSSR count). The zero-order chi connectivity index (χ0) is 12.1. The quantitative estimate of drug-likeness (QED) is 0.796. The molecule has 0 saturated carbocycles. The largest absolute Gasteiger partial charge is 0.370 e. The highest BCUT2D eigenvalue weighted by Gasteiger charge is 2.07. The summed E-state index contributed by atoms with van der Waals surface area (Å²) in [5.41, 5.74) is 14.8. The zero-order valence-corrected chi connectivity index (χ0v) is 9.99. The fourth-order valence-corrected chi connectivity index (χ4v) is 1.66. The summed E-state index contributed by atoms with van der Waals surface area (Å²) >= 11 is 0. The van der Waals surface area contributed by atoms with Gasteiger partial charge in [-0.15, -0.1) is 0 Å². The molecular formula is C13H20N2O. The van der Waals surface area contributed by atoms with E-state index in [1.807, 2.05) is 0 Å². The van der Waals surface area contributed by atoms with E-state index in [-0.39, 0.29) is 11.9 Å². The Morgan fingerprint density at radius 2 is 2.00 bits per heavy atom. The lowest BCUT2D eigenvalue weighted by atomic mass is 9.98. The second-order valence-electron chi connectivity index (χ2n) is 4.31. The molecule has 0 bridgehead atoms. The van der Waals surface area contributed by atoms with Crippen molar-refractivity contribution in [2.24, 2.45) is 11.5 Å². The van der Waals surface area contributed by atoms with E-state index in [1.165, 1.54) is 11.1 Å². The van der Waals surface area contributed by atoms with Crippen LogP contribution in [0.3, 0.4) is 0 Å². The normalized spacial score (nSPS) is 12.4. The Hall–Kier alpha value is -1.35. The van der Waals surface area contributed by atoms with Gasteiger partial charge in [0.25, 0.3) is 0 Å². The zero-order valence-electron chi connectivity index (χ0n) is 9.99. The molecule has 0 aliphatic rings. The number of amides is 1. The SMILES string of the molecule is Cc1ccc(C(N)CCCC(N)=O)cc1C. The van der Waals surface area contributed by atoms with Gasteiger partial charge in [0, 0.05) is 12.5 Å². The van der Waals surface area contributed by atoms with Gasteiger partial charge in [-0.25, -0.2) is 0 Å². The van der Waals surface area contributed by atoms with Crippen LogP contribution in [0.5, 0.6) is 0 Å². The molecule has 1 atom stereocenters. The number of aryl methyl sites for hydroxylation is 2. The second kappa shape index (κ2) is 5.66. The van der Waals surface area contributed by atoms with Gasteiger partial charge >= 0.3 is 0 Å². The van der Waals surface area contributed by atoms with E-state index >= 15 is 0 Å². The Labute approximate surface area is 96.8 Å². The Kier molecular flexibility index (Phi) is 4.50. The molecule has 0 aliphatic carbocycles. The van der Waals surface area contributed by atoms with E-state index in [2.05, 4.69) is 32.0 Å². The Balaban J connectivity index is 2.55. The van der Waals surface area contributed by atoms with Crippen molar-refractivity contribution in [2.45, 2.75) is 39.2 Å². The Bertz CT molecular complexity index is 374. The summed E-state index contributed by atoms with van der Waals surface area (Å²) in [4.78, 5) is 10.6. The van der Waals surface area contributed by atoms with E-state index in [9.17, 15) is 4.79 Å². The van der Waals surface area contributed by atoms with Gasteiger partial charge < -0.3 is 11.5 Å². The van der Waals surface area contributed by atoms with Crippen LogP contribution < -0.4 is 11.5 Å². The number of hydrogen-bond acceptors (Lipinski definition) is 2. The first-order valence-corrected chi connectivity index (χ1v) is 5.61. The maximum atomic E-state index is 10.6. The molecule has 3 heteroatoms. The van der Waals surface area contributed by atoms with Gasteiger partial charge in [0.1, 0.15) is 0 Å². The summed E-state index contributed by atoms with van der Waals surface area (Å²) in [5.74, 6) is -0.257. The Morgan fingerprint density at radius 1 is 1.31 bits per heavy atom. The molecule has 4 N–H and O–H groups in total. The highest BCUT2D eigenvalue weighted by molar-refractivity contribution is 5.73. The van der Waals surface area contributed by atoms with Gasteiger partial charge in [0.2, 0.25) is 5.91 Å². The fraction of sp³-hybridized carbons (Fsp3) is 0.462. The smallest absolute Gasteiger partial charge is 0.217 e. The minimum absolute atomic E-state index is 0.00125. The van der Waals surface area contributed by atoms with Crippen molar-refractivity contribution in [3.63, 3.8) is 0 Å². The topological polar surface area (TPSA) is 69.1 Å². The van der Waals surface area contributed by atoms with Crippen molar-refractivity contribution in [1.29, 1.82) is 0 Å². The molecule has 88 valence electrons. The maximum Gasteiger partial charge on any atom is 0.217 e. The van der Waals surface area contributed by atoms with Crippen LogP contribution in [0.2, 0.25) is 0 Å². The van der Waals surface area contributed by atoms with Crippen LogP contribution in [-0.4, -0.2) is 5.91 Å². The molecule has 0 aliphatic heterocycles. The van der Waals surface area contributed by atoms with E-state index in [1.54, 1.807) is 0 Å².